The molecule has 0 aromatic carbocycles. The number of hydrogen-bond acceptors (Lipinski definition) is 0. The average molecular weight is 108 g/mol. The predicted octanol–water partition coefficient (Wildman–Crippen LogP) is 2.20. The number of rotatable bonds is 0. The second-order valence-electron chi connectivity index (χ2n) is 4.03. The van der Waals surface area contributed by atoms with Crippen LogP contribution in [-0.4, -0.2) is 0 Å². The van der Waals surface area contributed by atoms with Crippen molar-refractivity contribution in [3.05, 3.63) is 0 Å². The summed E-state index contributed by atoms with van der Waals surface area (Å²) in [6.07, 6.45) is 7.97. The van der Waals surface area contributed by atoms with Crippen molar-refractivity contribution >= 4 is 0 Å². The number of fused-ring (bicyclic) bond motifs is 2. The van der Waals surface area contributed by atoms with Crippen molar-refractivity contribution in [1.82, 2.24) is 0 Å². The third-order valence-corrected chi connectivity index (χ3v) is 3.74. The summed E-state index contributed by atoms with van der Waals surface area (Å²) in [6.45, 7) is 0. The molecular weight excluding hydrogens is 96.1 g/mol. The monoisotopic (exact) mass is 108 g/mol. The largest absolute Gasteiger partial charge is 0.0525 e. The highest BCUT2D eigenvalue weighted by Gasteiger charge is 2.67. The SMILES string of the molecule is C1CC2CC3(C1)CC23. The molecule has 0 heteroatoms. The van der Waals surface area contributed by atoms with Crippen LogP contribution in [0.3, 0.4) is 0 Å². The first kappa shape index (κ1) is 3.92. The van der Waals surface area contributed by atoms with Gasteiger partial charge < -0.3 is 0 Å². The third kappa shape index (κ3) is 0.240. The van der Waals surface area contributed by atoms with Crippen LogP contribution in [0.15, 0.2) is 0 Å². The Morgan fingerprint density at radius 3 is 2.75 bits per heavy atom. The Kier molecular flexibility index (Phi) is 0.427. The molecule has 1 spiro atoms. The summed E-state index contributed by atoms with van der Waals surface area (Å²) in [4.78, 5) is 0. The quantitative estimate of drug-likeness (QED) is 0.446. The molecule has 0 radical (unpaired) electrons. The first-order valence-electron chi connectivity index (χ1n) is 3.91. The Labute approximate surface area is 50.3 Å². The molecule has 0 aliphatic heterocycles. The highest BCUT2D eigenvalue weighted by Crippen LogP contribution is 2.76. The van der Waals surface area contributed by atoms with E-state index in [1.54, 1.807) is 32.1 Å². The van der Waals surface area contributed by atoms with Crippen LogP contribution in [0.2, 0.25) is 0 Å². The van der Waals surface area contributed by atoms with E-state index in [0.717, 1.165) is 5.41 Å². The van der Waals surface area contributed by atoms with Crippen molar-refractivity contribution < 1.29 is 0 Å². The normalized spacial score (nSPS) is 66.0. The van der Waals surface area contributed by atoms with Crippen molar-refractivity contribution in [2.45, 2.75) is 32.1 Å². The Morgan fingerprint density at radius 1 is 1.25 bits per heavy atom. The summed E-state index contributed by atoms with van der Waals surface area (Å²) < 4.78 is 0. The van der Waals surface area contributed by atoms with Crippen LogP contribution in [0.5, 0.6) is 0 Å². The van der Waals surface area contributed by atoms with Crippen LogP contribution in [0, 0.1) is 17.3 Å². The van der Waals surface area contributed by atoms with Crippen LogP contribution in [0.4, 0.5) is 0 Å². The minimum Gasteiger partial charge on any atom is -0.0525 e. The van der Waals surface area contributed by atoms with Crippen molar-refractivity contribution in [2.24, 2.45) is 17.3 Å². The van der Waals surface area contributed by atoms with Crippen molar-refractivity contribution in [1.29, 1.82) is 0 Å². The molecule has 4 aliphatic carbocycles. The molecule has 0 saturated heterocycles. The molecule has 4 saturated carbocycles. The lowest BCUT2D eigenvalue weighted by Crippen LogP contribution is -2.30. The lowest BCUT2D eigenvalue weighted by molar-refractivity contribution is 0.102. The average Bonchev–Trinajstić information content (AvgIpc) is 2.40. The molecule has 2 bridgehead atoms. The summed E-state index contributed by atoms with van der Waals surface area (Å²) in [5.74, 6) is 2.46. The van der Waals surface area contributed by atoms with Gasteiger partial charge in [0.05, 0.1) is 0 Å². The van der Waals surface area contributed by atoms with Gasteiger partial charge in [0.25, 0.3) is 0 Å². The minimum absolute atomic E-state index is 0.989. The zero-order valence-electron chi connectivity index (χ0n) is 5.19. The Morgan fingerprint density at radius 2 is 2.25 bits per heavy atom. The van der Waals surface area contributed by atoms with Crippen LogP contribution in [0.1, 0.15) is 32.1 Å². The molecule has 0 N–H and O–H groups in total. The summed E-state index contributed by atoms with van der Waals surface area (Å²) in [7, 11) is 0. The topological polar surface area (TPSA) is 0 Å². The van der Waals surface area contributed by atoms with Gasteiger partial charge in [-0.25, -0.2) is 0 Å². The number of hydrogen-bond donors (Lipinski definition) is 0. The van der Waals surface area contributed by atoms with E-state index < -0.39 is 0 Å². The van der Waals surface area contributed by atoms with E-state index in [2.05, 4.69) is 0 Å². The molecule has 4 rings (SSSR count). The maximum absolute atomic E-state index is 1.62. The first-order valence-corrected chi connectivity index (χ1v) is 3.91. The van der Waals surface area contributed by atoms with Crippen molar-refractivity contribution in [3.8, 4) is 0 Å². The van der Waals surface area contributed by atoms with Crippen LogP contribution in [0.25, 0.3) is 0 Å². The first-order chi connectivity index (χ1) is 3.91. The van der Waals surface area contributed by atoms with Gasteiger partial charge in [-0.05, 0) is 36.5 Å². The highest BCUT2D eigenvalue weighted by atomic mass is 14.7. The van der Waals surface area contributed by atoms with Gasteiger partial charge in [-0.3, -0.25) is 0 Å². The lowest BCUT2D eigenvalue weighted by Gasteiger charge is -2.40. The van der Waals surface area contributed by atoms with Crippen molar-refractivity contribution in [2.75, 3.05) is 0 Å². The van der Waals surface area contributed by atoms with Crippen LogP contribution in [-0.2, 0) is 0 Å². The lowest BCUT2D eigenvalue weighted by atomic mass is 9.65. The fraction of sp³-hybridized carbons (Fsp3) is 1.00. The minimum atomic E-state index is 0.989. The van der Waals surface area contributed by atoms with Crippen LogP contribution >= 0.6 is 0 Å². The zero-order chi connectivity index (χ0) is 5.19. The fourth-order valence-electron chi connectivity index (χ4n) is 3.19. The van der Waals surface area contributed by atoms with E-state index in [1.807, 2.05) is 0 Å². The molecule has 0 aromatic rings. The molecule has 0 aromatic heterocycles. The van der Waals surface area contributed by atoms with E-state index >= 15 is 0 Å². The smallest absolute Gasteiger partial charge is 0.0261 e. The van der Waals surface area contributed by atoms with E-state index in [9.17, 15) is 0 Å². The predicted molar refractivity (Wildman–Crippen MR) is 32.5 cm³/mol. The molecule has 8 heavy (non-hydrogen) atoms. The van der Waals surface area contributed by atoms with Gasteiger partial charge >= 0.3 is 0 Å². The molecule has 4 aliphatic rings. The molecule has 0 amide bonds. The van der Waals surface area contributed by atoms with E-state index in [1.165, 1.54) is 11.8 Å². The van der Waals surface area contributed by atoms with Gasteiger partial charge in [-0.1, -0.05) is 12.8 Å². The second kappa shape index (κ2) is 0.872. The molecule has 4 fully saturated rings. The Balaban J connectivity index is 1.98. The van der Waals surface area contributed by atoms with Gasteiger partial charge in [0.1, 0.15) is 0 Å². The van der Waals surface area contributed by atoms with Gasteiger partial charge in [-0.2, -0.15) is 0 Å². The summed E-state index contributed by atoms with van der Waals surface area (Å²) in [6, 6.07) is 0. The highest BCUT2D eigenvalue weighted by molar-refractivity contribution is 5.17. The van der Waals surface area contributed by atoms with E-state index in [-0.39, 0.29) is 0 Å². The zero-order valence-corrected chi connectivity index (χ0v) is 5.19. The maximum atomic E-state index is 1.62. The molecule has 3 unspecified atom stereocenters. The van der Waals surface area contributed by atoms with Gasteiger partial charge in [0.2, 0.25) is 0 Å². The van der Waals surface area contributed by atoms with Gasteiger partial charge in [0, 0.05) is 0 Å². The van der Waals surface area contributed by atoms with E-state index in [4.69, 9.17) is 0 Å². The van der Waals surface area contributed by atoms with E-state index in [0.29, 0.717) is 0 Å². The standard InChI is InChI=1S/C8H12/c1-2-6-4-8(3-1)5-7(6)8/h6-7H,1-5H2. The Hall–Kier alpha value is 0. The third-order valence-electron chi connectivity index (χ3n) is 3.74. The summed E-state index contributed by atoms with van der Waals surface area (Å²) in [5.41, 5.74) is 0.989. The fourth-order valence-corrected chi connectivity index (χ4v) is 3.19. The molecule has 44 valence electrons. The van der Waals surface area contributed by atoms with Crippen LogP contribution < -0.4 is 0 Å². The van der Waals surface area contributed by atoms with Gasteiger partial charge in [0.15, 0.2) is 0 Å². The molecule has 0 nitrogen and oxygen atoms in total. The summed E-state index contributed by atoms with van der Waals surface area (Å²) >= 11 is 0. The molecule has 3 atom stereocenters. The molecular formula is C8H12. The van der Waals surface area contributed by atoms with Gasteiger partial charge in [-0.15, -0.1) is 0 Å². The Bertz CT molecular complexity index is 133. The second-order valence-corrected chi connectivity index (χ2v) is 4.03. The maximum Gasteiger partial charge on any atom is -0.0261 e. The summed E-state index contributed by atoms with van der Waals surface area (Å²) in [5, 5.41) is 0. The van der Waals surface area contributed by atoms with Crippen molar-refractivity contribution in [3.63, 3.8) is 0 Å². The molecule has 0 heterocycles.